The highest BCUT2D eigenvalue weighted by molar-refractivity contribution is 6.17. The first kappa shape index (κ1) is 18.2. The van der Waals surface area contributed by atoms with Crippen LogP contribution in [0, 0.1) is 5.41 Å². The van der Waals surface area contributed by atoms with Crippen LogP contribution < -0.4 is 25.0 Å². The van der Waals surface area contributed by atoms with Crippen LogP contribution >= 0.6 is 0 Å². The lowest BCUT2D eigenvalue weighted by Gasteiger charge is -2.20. The quantitative estimate of drug-likeness (QED) is 0.779. The second kappa shape index (κ2) is 7.07. The number of ether oxygens (including phenoxy) is 2. The summed E-state index contributed by atoms with van der Waals surface area (Å²) in [5.74, 6) is 0.676. The summed E-state index contributed by atoms with van der Waals surface area (Å²) in [5.41, 5.74) is 1.28. The molecule has 2 N–H and O–H groups in total. The van der Waals surface area contributed by atoms with Gasteiger partial charge in [0, 0.05) is 37.2 Å². The molecule has 7 nitrogen and oxygen atoms in total. The van der Waals surface area contributed by atoms with Gasteiger partial charge in [-0.3, -0.25) is 9.59 Å². The molecule has 7 heteroatoms. The van der Waals surface area contributed by atoms with E-state index in [2.05, 4.69) is 10.6 Å². The molecule has 1 aliphatic carbocycles. The maximum Gasteiger partial charge on any atom is 0.240 e. The topological polar surface area (TPSA) is 79.9 Å². The van der Waals surface area contributed by atoms with Crippen LogP contribution in [0.4, 0.5) is 17.1 Å². The van der Waals surface area contributed by atoms with E-state index in [1.807, 2.05) is 43.3 Å². The Balaban J connectivity index is 1.43. The summed E-state index contributed by atoms with van der Waals surface area (Å²) in [6.45, 7) is 0.987. The predicted octanol–water partition coefficient (Wildman–Crippen LogP) is 2.88. The van der Waals surface area contributed by atoms with Gasteiger partial charge in [-0.25, -0.2) is 0 Å². The number of hydrogen-bond acceptors (Lipinski definition) is 5. The summed E-state index contributed by atoms with van der Waals surface area (Å²) >= 11 is 0. The third-order valence-electron chi connectivity index (χ3n) is 5.06. The normalized spacial score (nSPS) is 16.1. The van der Waals surface area contributed by atoms with Crippen LogP contribution in [-0.4, -0.2) is 39.1 Å². The van der Waals surface area contributed by atoms with Gasteiger partial charge in [0.2, 0.25) is 11.8 Å². The van der Waals surface area contributed by atoms with Crippen molar-refractivity contribution in [3.63, 3.8) is 0 Å². The molecule has 1 saturated carbocycles. The monoisotopic (exact) mass is 381 g/mol. The van der Waals surface area contributed by atoms with Gasteiger partial charge in [-0.15, -0.1) is 0 Å². The number of fused-ring (bicyclic) bond motifs is 1. The summed E-state index contributed by atoms with van der Waals surface area (Å²) < 4.78 is 11.0. The smallest absolute Gasteiger partial charge is 0.240 e. The van der Waals surface area contributed by atoms with Crippen LogP contribution in [0.25, 0.3) is 0 Å². The number of rotatable bonds is 5. The molecule has 0 unspecified atom stereocenters. The largest absolute Gasteiger partial charge is 0.486 e. The minimum Gasteiger partial charge on any atom is -0.486 e. The van der Waals surface area contributed by atoms with Crippen molar-refractivity contribution in [1.82, 2.24) is 0 Å². The van der Waals surface area contributed by atoms with Crippen molar-refractivity contribution in [2.45, 2.75) is 12.8 Å². The third kappa shape index (κ3) is 3.47. The van der Waals surface area contributed by atoms with Gasteiger partial charge < -0.3 is 25.0 Å². The van der Waals surface area contributed by atoms with Gasteiger partial charge in [0.05, 0.1) is 0 Å². The van der Waals surface area contributed by atoms with Gasteiger partial charge in [0.25, 0.3) is 0 Å². The number of carbonyl (C=O) groups is 2. The first-order valence-corrected chi connectivity index (χ1v) is 9.28. The standard InChI is InChI=1S/C21H23N3O4/c1-24(2)16-6-3-14(4-7-16)22-19(25)21(9-10-21)20(26)23-15-5-8-17-18(13-15)28-12-11-27-17/h3-8,13H,9-12H2,1-2H3,(H,22,25)(H,23,26). The van der Waals surface area contributed by atoms with E-state index in [1.165, 1.54) is 0 Å². The average Bonchev–Trinajstić information content (AvgIpc) is 3.50. The van der Waals surface area contributed by atoms with Crippen molar-refractivity contribution in [1.29, 1.82) is 0 Å². The van der Waals surface area contributed by atoms with E-state index in [9.17, 15) is 9.59 Å². The molecule has 0 bridgehead atoms. The van der Waals surface area contributed by atoms with Crippen molar-refractivity contribution in [3.8, 4) is 11.5 Å². The highest BCUT2D eigenvalue weighted by Gasteiger charge is 2.56. The molecule has 2 aromatic carbocycles. The number of nitrogens with zero attached hydrogens (tertiary/aromatic N) is 1. The summed E-state index contributed by atoms with van der Waals surface area (Å²) in [4.78, 5) is 27.5. The van der Waals surface area contributed by atoms with Crippen LogP contribution in [0.15, 0.2) is 42.5 Å². The van der Waals surface area contributed by atoms with E-state index in [0.717, 1.165) is 5.69 Å². The van der Waals surface area contributed by atoms with Gasteiger partial charge in [-0.1, -0.05) is 0 Å². The molecule has 1 aliphatic heterocycles. The molecule has 0 saturated heterocycles. The fourth-order valence-corrected chi connectivity index (χ4v) is 3.15. The van der Waals surface area contributed by atoms with E-state index >= 15 is 0 Å². The van der Waals surface area contributed by atoms with Crippen LogP contribution in [-0.2, 0) is 9.59 Å². The third-order valence-corrected chi connectivity index (χ3v) is 5.06. The first-order valence-electron chi connectivity index (χ1n) is 9.28. The Hall–Kier alpha value is -3.22. The molecule has 2 aliphatic rings. The molecule has 0 aromatic heterocycles. The maximum atomic E-state index is 12.8. The Labute approximate surface area is 163 Å². The molecular weight excluding hydrogens is 358 g/mol. The van der Waals surface area contributed by atoms with Crippen molar-refractivity contribution in [2.24, 2.45) is 5.41 Å². The van der Waals surface area contributed by atoms with Crippen LogP contribution in [0.1, 0.15) is 12.8 Å². The fraction of sp³-hybridized carbons (Fsp3) is 0.333. The molecule has 2 aromatic rings. The predicted molar refractivity (Wildman–Crippen MR) is 107 cm³/mol. The zero-order chi connectivity index (χ0) is 19.7. The Kier molecular flexibility index (Phi) is 4.58. The van der Waals surface area contributed by atoms with E-state index in [0.29, 0.717) is 48.9 Å². The Morgan fingerprint density at radius 1 is 0.857 bits per heavy atom. The Morgan fingerprint density at radius 2 is 1.43 bits per heavy atom. The van der Waals surface area contributed by atoms with Crippen molar-refractivity contribution in [2.75, 3.05) is 42.8 Å². The van der Waals surface area contributed by atoms with E-state index in [-0.39, 0.29) is 11.8 Å². The number of nitrogens with one attached hydrogen (secondary N) is 2. The molecule has 4 rings (SSSR count). The molecule has 0 spiro atoms. The van der Waals surface area contributed by atoms with Gasteiger partial charge in [0.15, 0.2) is 11.5 Å². The number of hydrogen-bond donors (Lipinski definition) is 2. The van der Waals surface area contributed by atoms with Crippen LogP contribution in [0.3, 0.4) is 0 Å². The number of amides is 2. The molecule has 0 atom stereocenters. The molecule has 146 valence electrons. The second-order valence-electron chi connectivity index (χ2n) is 7.29. The van der Waals surface area contributed by atoms with Gasteiger partial charge in [0.1, 0.15) is 18.6 Å². The van der Waals surface area contributed by atoms with E-state index < -0.39 is 5.41 Å². The zero-order valence-electron chi connectivity index (χ0n) is 16.0. The van der Waals surface area contributed by atoms with Gasteiger partial charge in [-0.05, 0) is 49.2 Å². The maximum absolute atomic E-state index is 12.8. The number of benzene rings is 2. The molecule has 2 amide bonds. The fourth-order valence-electron chi connectivity index (χ4n) is 3.15. The van der Waals surface area contributed by atoms with Crippen molar-refractivity contribution < 1.29 is 19.1 Å². The lowest BCUT2D eigenvalue weighted by molar-refractivity contribution is -0.131. The highest BCUT2D eigenvalue weighted by Crippen LogP contribution is 2.47. The molecule has 1 fully saturated rings. The van der Waals surface area contributed by atoms with Crippen LogP contribution in [0.5, 0.6) is 11.5 Å². The minimum absolute atomic E-state index is 0.278. The summed E-state index contributed by atoms with van der Waals surface area (Å²) in [6.07, 6.45) is 1.07. The molecular formula is C21H23N3O4. The average molecular weight is 381 g/mol. The molecule has 1 heterocycles. The van der Waals surface area contributed by atoms with Gasteiger partial charge in [-0.2, -0.15) is 0 Å². The van der Waals surface area contributed by atoms with Crippen molar-refractivity contribution in [3.05, 3.63) is 42.5 Å². The lowest BCUT2D eigenvalue weighted by Crippen LogP contribution is -2.35. The van der Waals surface area contributed by atoms with E-state index in [1.54, 1.807) is 18.2 Å². The number of anilines is 3. The Morgan fingerprint density at radius 3 is 2.04 bits per heavy atom. The summed E-state index contributed by atoms with van der Waals surface area (Å²) in [6, 6.07) is 12.7. The molecule has 0 radical (unpaired) electrons. The Bertz CT molecular complexity index is 904. The van der Waals surface area contributed by atoms with E-state index in [4.69, 9.17) is 9.47 Å². The summed E-state index contributed by atoms with van der Waals surface area (Å²) in [5, 5.41) is 5.71. The minimum atomic E-state index is -1.02. The highest BCUT2D eigenvalue weighted by atomic mass is 16.6. The zero-order valence-corrected chi connectivity index (χ0v) is 16.0. The van der Waals surface area contributed by atoms with Crippen LogP contribution in [0.2, 0.25) is 0 Å². The summed E-state index contributed by atoms with van der Waals surface area (Å²) in [7, 11) is 3.91. The molecule has 28 heavy (non-hydrogen) atoms. The van der Waals surface area contributed by atoms with Crippen molar-refractivity contribution >= 4 is 28.9 Å². The second-order valence-corrected chi connectivity index (χ2v) is 7.29. The van der Waals surface area contributed by atoms with Gasteiger partial charge >= 0.3 is 0 Å². The first-order chi connectivity index (χ1) is 13.5. The number of carbonyl (C=O) groups excluding carboxylic acids is 2. The SMILES string of the molecule is CN(C)c1ccc(NC(=O)C2(C(=O)Nc3ccc4c(c3)OCCO4)CC2)cc1. The lowest BCUT2D eigenvalue weighted by atomic mass is 10.0.